The van der Waals surface area contributed by atoms with Crippen LogP contribution in [0.3, 0.4) is 0 Å². The summed E-state index contributed by atoms with van der Waals surface area (Å²) in [7, 11) is 4.03. The van der Waals surface area contributed by atoms with Gasteiger partial charge in [-0.15, -0.1) is 0 Å². The molecule has 0 bridgehead atoms. The highest BCUT2D eigenvalue weighted by molar-refractivity contribution is 6.03. The molecule has 1 saturated heterocycles. The zero-order chi connectivity index (χ0) is 18.6. The Bertz CT molecular complexity index is 718. The summed E-state index contributed by atoms with van der Waals surface area (Å²) in [5.41, 5.74) is 2.72. The van der Waals surface area contributed by atoms with Crippen LogP contribution in [0.25, 0.3) is 0 Å². The van der Waals surface area contributed by atoms with Crippen LogP contribution in [0.4, 0.5) is 5.69 Å². The first-order chi connectivity index (χ1) is 12.6. The minimum atomic E-state index is -0.517. The van der Waals surface area contributed by atoms with E-state index in [1.807, 2.05) is 44.4 Å². The molecule has 3 rings (SSSR count). The van der Waals surface area contributed by atoms with Crippen molar-refractivity contribution in [2.24, 2.45) is 0 Å². The molecule has 0 aromatic heterocycles. The number of nitrogens with zero attached hydrogens (tertiary/aromatic N) is 2. The summed E-state index contributed by atoms with van der Waals surface area (Å²) in [6.07, 6.45) is 4.03. The predicted octanol–water partition coefficient (Wildman–Crippen LogP) is 4.42. The van der Waals surface area contributed by atoms with E-state index < -0.39 is 5.54 Å². The van der Waals surface area contributed by atoms with Gasteiger partial charge in [0.15, 0.2) is 5.78 Å². The van der Waals surface area contributed by atoms with Gasteiger partial charge in [-0.1, -0.05) is 37.3 Å². The summed E-state index contributed by atoms with van der Waals surface area (Å²) in [4.78, 5) is 18.0. The molecule has 0 amide bonds. The maximum absolute atomic E-state index is 13.5. The number of carbonyl (C=O) groups is 1. The smallest absolute Gasteiger partial charge is 0.183 e. The SMILES string of the molecule is CCC(Cc1ccccc1)(C(=O)c1ccc(N2CCCC2)cc1)N(C)C. The molecule has 1 heterocycles. The average molecular weight is 351 g/mol. The molecule has 0 aliphatic carbocycles. The van der Waals surface area contributed by atoms with Gasteiger partial charge in [0.1, 0.15) is 0 Å². The molecule has 1 fully saturated rings. The van der Waals surface area contributed by atoms with Crippen LogP contribution >= 0.6 is 0 Å². The number of rotatable bonds is 7. The Hall–Kier alpha value is -2.13. The van der Waals surface area contributed by atoms with E-state index in [2.05, 4.69) is 41.0 Å². The van der Waals surface area contributed by atoms with E-state index in [4.69, 9.17) is 0 Å². The van der Waals surface area contributed by atoms with Gasteiger partial charge in [0.05, 0.1) is 5.54 Å². The Morgan fingerprint density at radius 1 is 1.00 bits per heavy atom. The van der Waals surface area contributed by atoms with Gasteiger partial charge >= 0.3 is 0 Å². The van der Waals surface area contributed by atoms with Crippen LogP contribution < -0.4 is 4.90 Å². The molecule has 1 aliphatic rings. The summed E-state index contributed by atoms with van der Waals surface area (Å²) in [6.45, 7) is 4.36. The second-order valence-electron chi connectivity index (χ2n) is 7.51. The van der Waals surface area contributed by atoms with Crippen LogP contribution in [-0.4, -0.2) is 43.4 Å². The van der Waals surface area contributed by atoms with E-state index in [0.29, 0.717) is 0 Å². The fourth-order valence-corrected chi connectivity index (χ4v) is 4.04. The van der Waals surface area contributed by atoms with Crippen molar-refractivity contribution in [3.8, 4) is 0 Å². The molecular weight excluding hydrogens is 320 g/mol. The van der Waals surface area contributed by atoms with Gasteiger partial charge in [0, 0.05) is 24.3 Å². The Balaban J connectivity index is 1.87. The number of likely N-dealkylation sites (N-methyl/N-ethyl adjacent to an activating group) is 1. The Morgan fingerprint density at radius 2 is 1.62 bits per heavy atom. The summed E-state index contributed by atoms with van der Waals surface area (Å²) in [5.74, 6) is 0.210. The largest absolute Gasteiger partial charge is 0.372 e. The van der Waals surface area contributed by atoms with Gasteiger partial charge in [-0.3, -0.25) is 9.69 Å². The number of ketones is 1. The summed E-state index contributed by atoms with van der Waals surface area (Å²) in [6, 6.07) is 18.6. The zero-order valence-electron chi connectivity index (χ0n) is 16.2. The molecule has 26 heavy (non-hydrogen) atoms. The van der Waals surface area contributed by atoms with Crippen molar-refractivity contribution in [1.82, 2.24) is 4.90 Å². The molecule has 3 nitrogen and oxygen atoms in total. The second kappa shape index (κ2) is 8.05. The van der Waals surface area contributed by atoms with Crippen molar-refractivity contribution in [2.45, 2.75) is 38.1 Å². The number of Topliss-reactive ketones (excluding diaryl/α,β-unsaturated/α-hetero) is 1. The quantitative estimate of drug-likeness (QED) is 0.691. The highest BCUT2D eigenvalue weighted by atomic mass is 16.1. The zero-order valence-corrected chi connectivity index (χ0v) is 16.2. The van der Waals surface area contributed by atoms with E-state index in [0.717, 1.165) is 31.5 Å². The molecule has 138 valence electrons. The lowest BCUT2D eigenvalue weighted by atomic mass is 9.80. The number of anilines is 1. The standard InChI is InChI=1S/C23H30N2O/c1-4-23(24(2)3,18-19-10-6-5-7-11-19)22(26)20-12-14-21(15-13-20)25-16-8-9-17-25/h5-7,10-15H,4,8-9,16-18H2,1-3H3. The minimum absolute atomic E-state index is 0.210. The molecular formula is C23H30N2O. The van der Waals surface area contributed by atoms with E-state index in [9.17, 15) is 4.79 Å². The molecule has 1 unspecified atom stereocenters. The van der Waals surface area contributed by atoms with Gasteiger partial charge in [-0.05, 0) is 69.6 Å². The van der Waals surface area contributed by atoms with Gasteiger partial charge in [-0.25, -0.2) is 0 Å². The van der Waals surface area contributed by atoms with Crippen LogP contribution in [0.5, 0.6) is 0 Å². The number of benzene rings is 2. The molecule has 0 radical (unpaired) electrons. The monoisotopic (exact) mass is 350 g/mol. The van der Waals surface area contributed by atoms with Crippen LogP contribution in [0.2, 0.25) is 0 Å². The maximum atomic E-state index is 13.5. The third-order valence-corrected chi connectivity index (χ3v) is 5.80. The fourth-order valence-electron chi connectivity index (χ4n) is 4.04. The van der Waals surface area contributed by atoms with Crippen molar-refractivity contribution < 1.29 is 4.79 Å². The van der Waals surface area contributed by atoms with Crippen molar-refractivity contribution in [3.05, 3.63) is 65.7 Å². The molecule has 0 spiro atoms. The van der Waals surface area contributed by atoms with Crippen molar-refractivity contribution >= 4 is 11.5 Å². The first-order valence-electron chi connectivity index (χ1n) is 9.68. The highest BCUT2D eigenvalue weighted by Crippen LogP contribution is 2.29. The first-order valence-corrected chi connectivity index (χ1v) is 9.68. The van der Waals surface area contributed by atoms with Crippen LogP contribution in [0, 0.1) is 0 Å². The van der Waals surface area contributed by atoms with E-state index >= 15 is 0 Å². The molecule has 1 aliphatic heterocycles. The Kier molecular flexibility index (Phi) is 5.77. The predicted molar refractivity (Wildman–Crippen MR) is 109 cm³/mol. The lowest BCUT2D eigenvalue weighted by Crippen LogP contribution is -2.52. The Labute approximate surface area is 157 Å². The lowest BCUT2D eigenvalue weighted by Gasteiger charge is -2.38. The van der Waals surface area contributed by atoms with Crippen LogP contribution in [0.15, 0.2) is 54.6 Å². The van der Waals surface area contributed by atoms with E-state index in [1.165, 1.54) is 24.1 Å². The minimum Gasteiger partial charge on any atom is -0.372 e. The van der Waals surface area contributed by atoms with Gasteiger partial charge < -0.3 is 4.90 Å². The van der Waals surface area contributed by atoms with Gasteiger partial charge in [-0.2, -0.15) is 0 Å². The second-order valence-corrected chi connectivity index (χ2v) is 7.51. The van der Waals surface area contributed by atoms with Crippen molar-refractivity contribution in [2.75, 3.05) is 32.1 Å². The topological polar surface area (TPSA) is 23.6 Å². The fraction of sp³-hybridized carbons (Fsp3) is 0.435. The van der Waals surface area contributed by atoms with Gasteiger partial charge in [0.25, 0.3) is 0 Å². The number of hydrogen-bond donors (Lipinski definition) is 0. The third kappa shape index (κ3) is 3.68. The third-order valence-electron chi connectivity index (χ3n) is 5.80. The Morgan fingerprint density at radius 3 is 2.15 bits per heavy atom. The normalized spacial score (nSPS) is 16.7. The molecule has 2 aromatic carbocycles. The van der Waals surface area contributed by atoms with Gasteiger partial charge in [0.2, 0.25) is 0 Å². The summed E-state index contributed by atoms with van der Waals surface area (Å²) >= 11 is 0. The van der Waals surface area contributed by atoms with Crippen LogP contribution in [-0.2, 0) is 6.42 Å². The van der Waals surface area contributed by atoms with Crippen molar-refractivity contribution in [1.29, 1.82) is 0 Å². The number of hydrogen-bond acceptors (Lipinski definition) is 3. The van der Waals surface area contributed by atoms with Crippen LogP contribution in [0.1, 0.15) is 42.1 Å². The maximum Gasteiger partial charge on any atom is 0.183 e. The summed E-state index contributed by atoms with van der Waals surface area (Å²) in [5, 5.41) is 0. The van der Waals surface area contributed by atoms with E-state index in [1.54, 1.807) is 0 Å². The summed E-state index contributed by atoms with van der Waals surface area (Å²) < 4.78 is 0. The molecule has 0 saturated carbocycles. The van der Waals surface area contributed by atoms with E-state index in [-0.39, 0.29) is 5.78 Å². The molecule has 2 aromatic rings. The highest BCUT2D eigenvalue weighted by Gasteiger charge is 2.39. The number of carbonyl (C=O) groups excluding carboxylic acids is 1. The lowest BCUT2D eigenvalue weighted by molar-refractivity contribution is 0.0666. The first kappa shape index (κ1) is 18.7. The molecule has 3 heteroatoms. The molecule has 1 atom stereocenters. The van der Waals surface area contributed by atoms with Crippen molar-refractivity contribution in [3.63, 3.8) is 0 Å². The average Bonchev–Trinajstić information content (AvgIpc) is 3.21. The molecule has 0 N–H and O–H groups in total.